The van der Waals surface area contributed by atoms with Gasteiger partial charge in [-0.3, -0.25) is 0 Å². The second kappa shape index (κ2) is 8.67. The van der Waals surface area contributed by atoms with Gasteiger partial charge in [-0.1, -0.05) is 84.3 Å². The van der Waals surface area contributed by atoms with Crippen molar-refractivity contribution in [3.63, 3.8) is 0 Å². The molecule has 0 radical (unpaired) electrons. The largest absolute Gasteiger partial charge is 0.192 e. The highest BCUT2D eigenvalue weighted by molar-refractivity contribution is 6.26. The average molecular weight is 453 g/mol. The summed E-state index contributed by atoms with van der Waals surface area (Å²) in [6.45, 7) is 0. The number of benzene rings is 6. The van der Waals surface area contributed by atoms with Gasteiger partial charge in [-0.2, -0.15) is 10.5 Å². The van der Waals surface area contributed by atoms with E-state index in [9.17, 15) is 10.5 Å². The molecular formula is C34H16N2. The van der Waals surface area contributed by atoms with Crippen molar-refractivity contribution in [2.75, 3.05) is 0 Å². The van der Waals surface area contributed by atoms with Crippen LogP contribution in [0.5, 0.6) is 0 Å². The minimum absolute atomic E-state index is 0.563. The van der Waals surface area contributed by atoms with E-state index in [1.807, 2.05) is 97.1 Å². The molecule has 0 N–H and O–H groups in total. The molecule has 0 heterocycles. The lowest BCUT2D eigenvalue weighted by atomic mass is 9.86. The Bertz CT molecular complexity index is 1850. The molecule has 0 fully saturated rings. The zero-order chi connectivity index (χ0) is 24.5. The topological polar surface area (TPSA) is 47.6 Å². The summed E-state index contributed by atoms with van der Waals surface area (Å²) in [5.41, 5.74) is 4.52. The lowest BCUT2D eigenvalue weighted by Gasteiger charge is -2.15. The standard InChI is InChI=1S/C34H16N2/c35-21-27-19-25(13-11-23-7-3-1-4-8-23)29-15-17-32-28(22-36)20-26(14-12-24-9-5-2-6-10-24)30-16-18-31(27)33(29)34(30)32/h1-10,15-20H. The van der Waals surface area contributed by atoms with Crippen molar-refractivity contribution in [3.05, 3.63) is 130 Å². The van der Waals surface area contributed by atoms with Crippen molar-refractivity contribution in [2.24, 2.45) is 0 Å². The van der Waals surface area contributed by atoms with Gasteiger partial charge in [0.2, 0.25) is 0 Å². The predicted molar refractivity (Wildman–Crippen MR) is 144 cm³/mol. The first-order valence-electron chi connectivity index (χ1n) is 11.5. The summed E-state index contributed by atoms with van der Waals surface area (Å²) in [7, 11) is 0. The van der Waals surface area contributed by atoms with Crippen molar-refractivity contribution in [3.8, 4) is 35.8 Å². The number of nitriles is 2. The third-order valence-electron chi connectivity index (χ3n) is 6.37. The second-order valence-electron chi connectivity index (χ2n) is 8.47. The van der Waals surface area contributed by atoms with Crippen molar-refractivity contribution in [1.29, 1.82) is 10.5 Å². The molecule has 6 aromatic rings. The Morgan fingerprint density at radius 1 is 0.389 bits per heavy atom. The van der Waals surface area contributed by atoms with Crippen LogP contribution in [0.25, 0.3) is 32.3 Å². The quantitative estimate of drug-likeness (QED) is 0.182. The maximum Gasteiger partial charge on any atom is 0.0998 e. The van der Waals surface area contributed by atoms with E-state index in [2.05, 4.69) is 35.8 Å². The molecule has 2 nitrogen and oxygen atoms in total. The van der Waals surface area contributed by atoms with Gasteiger partial charge in [-0.05, 0) is 57.9 Å². The molecule has 0 atom stereocenters. The molecule has 0 saturated carbocycles. The van der Waals surface area contributed by atoms with Gasteiger partial charge in [0, 0.05) is 33.0 Å². The summed E-state index contributed by atoms with van der Waals surface area (Å²) >= 11 is 0. The van der Waals surface area contributed by atoms with Gasteiger partial charge >= 0.3 is 0 Å². The smallest absolute Gasteiger partial charge is 0.0998 e. The molecule has 0 aliphatic rings. The number of hydrogen-bond donors (Lipinski definition) is 0. The van der Waals surface area contributed by atoms with E-state index in [-0.39, 0.29) is 0 Å². The number of rotatable bonds is 0. The van der Waals surface area contributed by atoms with E-state index < -0.39 is 0 Å². The van der Waals surface area contributed by atoms with E-state index in [1.165, 1.54) is 0 Å². The fraction of sp³-hybridized carbons (Fsp3) is 0. The summed E-state index contributed by atoms with van der Waals surface area (Å²) < 4.78 is 0. The highest BCUT2D eigenvalue weighted by Crippen LogP contribution is 2.40. The molecule has 2 heteroatoms. The first-order valence-corrected chi connectivity index (χ1v) is 11.5. The number of nitrogens with zero attached hydrogens (tertiary/aromatic N) is 2. The minimum atomic E-state index is 0.563. The molecule has 0 aliphatic heterocycles. The molecule has 0 unspecified atom stereocenters. The van der Waals surface area contributed by atoms with Crippen LogP contribution in [0.1, 0.15) is 33.4 Å². The summed E-state index contributed by atoms with van der Waals surface area (Å²) in [6.07, 6.45) is 0. The molecule has 6 rings (SSSR count). The summed E-state index contributed by atoms with van der Waals surface area (Å²) in [4.78, 5) is 0. The molecule has 0 aliphatic carbocycles. The first-order chi connectivity index (χ1) is 17.8. The SMILES string of the molecule is N#Cc1cc(C#Cc2ccccc2)c2ccc3c(C#N)cc(C#Cc4ccccc4)c4ccc1c2c34. The molecule has 0 spiro atoms. The van der Waals surface area contributed by atoms with Crippen molar-refractivity contribution < 1.29 is 0 Å². The van der Waals surface area contributed by atoms with Crippen LogP contribution < -0.4 is 0 Å². The molecule has 0 aromatic heterocycles. The maximum absolute atomic E-state index is 9.97. The molecular weight excluding hydrogens is 436 g/mol. The molecule has 36 heavy (non-hydrogen) atoms. The van der Waals surface area contributed by atoms with E-state index >= 15 is 0 Å². The average Bonchev–Trinajstić information content (AvgIpc) is 2.94. The fourth-order valence-corrected chi connectivity index (χ4v) is 4.71. The van der Waals surface area contributed by atoms with E-state index in [0.29, 0.717) is 11.1 Å². The third-order valence-corrected chi connectivity index (χ3v) is 6.37. The van der Waals surface area contributed by atoms with Crippen molar-refractivity contribution >= 4 is 32.3 Å². The Morgan fingerprint density at radius 2 is 0.750 bits per heavy atom. The Kier molecular flexibility index (Phi) is 5.06. The van der Waals surface area contributed by atoms with Crippen molar-refractivity contribution in [2.45, 2.75) is 0 Å². The lowest BCUT2D eigenvalue weighted by Crippen LogP contribution is -1.94. The normalized spacial score (nSPS) is 10.3. The Hall–Kier alpha value is -5.54. The van der Waals surface area contributed by atoms with Gasteiger partial charge in [-0.15, -0.1) is 0 Å². The lowest BCUT2D eigenvalue weighted by molar-refractivity contribution is 1.50. The third kappa shape index (κ3) is 3.49. The zero-order valence-corrected chi connectivity index (χ0v) is 19.1. The fourth-order valence-electron chi connectivity index (χ4n) is 4.71. The van der Waals surface area contributed by atoms with Crippen LogP contribution in [-0.2, 0) is 0 Å². The highest BCUT2D eigenvalue weighted by Gasteiger charge is 2.17. The summed E-state index contributed by atoms with van der Waals surface area (Å²) in [6, 6.07) is 36.0. The molecule has 0 bridgehead atoms. The second-order valence-corrected chi connectivity index (χ2v) is 8.47. The van der Waals surface area contributed by atoms with Gasteiger partial charge in [0.05, 0.1) is 23.3 Å². The highest BCUT2D eigenvalue weighted by atomic mass is 14.3. The summed E-state index contributed by atoms with van der Waals surface area (Å²) in [5.74, 6) is 13.0. The van der Waals surface area contributed by atoms with Gasteiger partial charge in [0.15, 0.2) is 0 Å². The zero-order valence-electron chi connectivity index (χ0n) is 19.1. The van der Waals surface area contributed by atoms with Crippen LogP contribution in [0, 0.1) is 46.3 Å². The van der Waals surface area contributed by atoms with E-state index in [1.54, 1.807) is 0 Å². The minimum Gasteiger partial charge on any atom is -0.192 e. The van der Waals surface area contributed by atoms with E-state index in [4.69, 9.17) is 0 Å². The van der Waals surface area contributed by atoms with Crippen LogP contribution in [0.15, 0.2) is 97.1 Å². The van der Waals surface area contributed by atoms with Crippen LogP contribution >= 0.6 is 0 Å². The van der Waals surface area contributed by atoms with Crippen LogP contribution in [0.2, 0.25) is 0 Å². The van der Waals surface area contributed by atoms with E-state index in [0.717, 1.165) is 54.6 Å². The number of hydrogen-bond acceptors (Lipinski definition) is 2. The molecule has 162 valence electrons. The van der Waals surface area contributed by atoms with Crippen molar-refractivity contribution in [1.82, 2.24) is 0 Å². The molecule has 6 aromatic carbocycles. The van der Waals surface area contributed by atoms with Crippen LogP contribution in [-0.4, -0.2) is 0 Å². The predicted octanol–water partition coefficient (Wildman–Crippen LogP) is 7.13. The Balaban J connectivity index is 1.69. The van der Waals surface area contributed by atoms with Crippen LogP contribution in [0.4, 0.5) is 0 Å². The van der Waals surface area contributed by atoms with Gasteiger partial charge in [0.25, 0.3) is 0 Å². The first kappa shape index (κ1) is 21.0. The summed E-state index contributed by atoms with van der Waals surface area (Å²) in [5, 5.41) is 25.5. The van der Waals surface area contributed by atoms with Gasteiger partial charge < -0.3 is 0 Å². The molecule has 0 amide bonds. The monoisotopic (exact) mass is 452 g/mol. The van der Waals surface area contributed by atoms with Crippen LogP contribution in [0.3, 0.4) is 0 Å². The van der Waals surface area contributed by atoms with Gasteiger partial charge in [0.1, 0.15) is 0 Å². The Morgan fingerprint density at radius 3 is 1.11 bits per heavy atom. The molecule has 0 saturated heterocycles. The van der Waals surface area contributed by atoms with Gasteiger partial charge in [-0.25, -0.2) is 0 Å². The Labute approximate surface area is 209 Å². The maximum atomic E-state index is 9.97.